The molecule has 1 saturated heterocycles. The van der Waals surface area contributed by atoms with Crippen molar-refractivity contribution in [2.24, 2.45) is 0 Å². The van der Waals surface area contributed by atoms with Crippen molar-refractivity contribution in [2.75, 3.05) is 20.1 Å². The number of nitrogens with one attached hydrogen (secondary N) is 2. The van der Waals surface area contributed by atoms with Gasteiger partial charge in [0.25, 0.3) is 17.7 Å². The van der Waals surface area contributed by atoms with Gasteiger partial charge in [-0.15, -0.1) is 0 Å². The number of hydrogen-bond acceptors (Lipinski definition) is 5. The van der Waals surface area contributed by atoms with E-state index in [9.17, 15) is 23.2 Å². The van der Waals surface area contributed by atoms with Crippen LogP contribution >= 0.6 is 0 Å². The van der Waals surface area contributed by atoms with Gasteiger partial charge in [0.15, 0.2) is 0 Å². The van der Waals surface area contributed by atoms with Gasteiger partial charge >= 0.3 is 0 Å². The summed E-state index contributed by atoms with van der Waals surface area (Å²) in [7, 11) is 1.54. The van der Waals surface area contributed by atoms with E-state index in [4.69, 9.17) is 5.26 Å². The van der Waals surface area contributed by atoms with Crippen molar-refractivity contribution in [1.29, 1.82) is 5.26 Å². The minimum absolute atomic E-state index is 0.228. The second kappa shape index (κ2) is 9.46. The molecule has 3 amide bonds. The minimum atomic E-state index is -3.13. The van der Waals surface area contributed by atoms with Gasteiger partial charge in [0.05, 0.1) is 30.2 Å². The molecule has 0 spiro atoms. The van der Waals surface area contributed by atoms with E-state index in [1.165, 1.54) is 12.3 Å². The van der Waals surface area contributed by atoms with E-state index in [0.717, 1.165) is 16.0 Å². The molecule has 1 aromatic heterocycles. The van der Waals surface area contributed by atoms with Gasteiger partial charge in [0.1, 0.15) is 6.04 Å². The highest BCUT2D eigenvalue weighted by Gasteiger charge is 2.47. The Balaban J connectivity index is 1.57. The lowest BCUT2D eigenvalue weighted by Gasteiger charge is -2.19. The quantitative estimate of drug-likeness (QED) is 0.587. The Morgan fingerprint density at radius 2 is 1.91 bits per heavy atom. The minimum Gasteiger partial charge on any atom is -0.355 e. The van der Waals surface area contributed by atoms with Gasteiger partial charge in [-0.25, -0.2) is 8.78 Å². The summed E-state index contributed by atoms with van der Waals surface area (Å²) in [4.78, 5) is 42.4. The first kappa shape index (κ1) is 23.8. The molecule has 35 heavy (non-hydrogen) atoms. The monoisotopic (exact) mass is 477 g/mol. The number of carbonyl (C=O) groups is 3. The van der Waals surface area contributed by atoms with E-state index in [1.807, 2.05) is 12.1 Å². The number of nitriles is 1. The number of amides is 3. The highest BCUT2D eigenvalue weighted by atomic mass is 19.3. The van der Waals surface area contributed by atoms with Gasteiger partial charge in [-0.3, -0.25) is 19.4 Å². The number of likely N-dealkylation sites (tertiary alicyclic amines) is 1. The third kappa shape index (κ3) is 4.94. The predicted molar refractivity (Wildman–Crippen MR) is 124 cm³/mol. The summed E-state index contributed by atoms with van der Waals surface area (Å²) in [5, 5.41) is 14.6. The van der Waals surface area contributed by atoms with Gasteiger partial charge in [-0.2, -0.15) is 5.26 Å². The van der Waals surface area contributed by atoms with Gasteiger partial charge in [0, 0.05) is 30.6 Å². The van der Waals surface area contributed by atoms with Crippen LogP contribution in [0.25, 0.3) is 22.0 Å². The molecular formula is C25H21F2N5O3. The molecule has 0 saturated carbocycles. The lowest BCUT2D eigenvalue weighted by molar-refractivity contribution is -0.131. The number of carbonyl (C=O) groups excluding carboxylic acids is 3. The Morgan fingerprint density at radius 3 is 2.66 bits per heavy atom. The highest BCUT2D eigenvalue weighted by Crippen LogP contribution is 2.31. The van der Waals surface area contributed by atoms with E-state index >= 15 is 0 Å². The first-order valence-electron chi connectivity index (χ1n) is 10.8. The average Bonchev–Trinajstić information content (AvgIpc) is 3.20. The van der Waals surface area contributed by atoms with E-state index in [1.54, 1.807) is 43.4 Å². The van der Waals surface area contributed by atoms with Crippen LogP contribution in [-0.4, -0.2) is 59.7 Å². The Morgan fingerprint density at radius 1 is 1.14 bits per heavy atom. The van der Waals surface area contributed by atoms with Gasteiger partial charge in [-0.05, 0) is 41.5 Å². The fourth-order valence-electron chi connectivity index (χ4n) is 4.06. The van der Waals surface area contributed by atoms with Crippen molar-refractivity contribution in [3.8, 4) is 17.2 Å². The first-order chi connectivity index (χ1) is 16.7. The topological polar surface area (TPSA) is 115 Å². The molecule has 1 aliphatic rings. The molecule has 3 aromatic rings. The number of fused-ring (bicyclic) bond motifs is 1. The molecule has 2 heterocycles. The molecule has 0 aliphatic carbocycles. The van der Waals surface area contributed by atoms with E-state index in [-0.39, 0.29) is 11.5 Å². The third-order valence-corrected chi connectivity index (χ3v) is 5.81. The number of halogens is 2. The molecule has 2 aromatic carbocycles. The van der Waals surface area contributed by atoms with Crippen molar-refractivity contribution in [3.63, 3.8) is 0 Å². The summed E-state index contributed by atoms with van der Waals surface area (Å²) >= 11 is 0. The third-order valence-electron chi connectivity index (χ3n) is 5.81. The van der Waals surface area contributed by atoms with Crippen molar-refractivity contribution in [2.45, 2.75) is 18.4 Å². The molecule has 8 nitrogen and oxygen atoms in total. The van der Waals surface area contributed by atoms with Crippen LogP contribution in [0.4, 0.5) is 8.78 Å². The van der Waals surface area contributed by atoms with Crippen LogP contribution in [-0.2, 0) is 4.79 Å². The fraction of sp³-hybridized carbons (Fsp3) is 0.240. The zero-order valence-corrected chi connectivity index (χ0v) is 18.7. The highest BCUT2D eigenvalue weighted by molar-refractivity contribution is 6.07. The summed E-state index contributed by atoms with van der Waals surface area (Å²) < 4.78 is 27.3. The summed E-state index contributed by atoms with van der Waals surface area (Å²) in [6.45, 7) is -1.37. The second-order valence-electron chi connectivity index (χ2n) is 8.16. The fourth-order valence-corrected chi connectivity index (χ4v) is 4.06. The Hall–Kier alpha value is -4.39. The number of alkyl halides is 2. The van der Waals surface area contributed by atoms with Crippen molar-refractivity contribution >= 4 is 28.6 Å². The van der Waals surface area contributed by atoms with Crippen LogP contribution in [0.15, 0.2) is 54.7 Å². The van der Waals surface area contributed by atoms with E-state index < -0.39 is 43.3 Å². The maximum atomic E-state index is 13.6. The number of benzene rings is 2. The van der Waals surface area contributed by atoms with Crippen LogP contribution in [0.2, 0.25) is 0 Å². The Bertz CT molecular complexity index is 1370. The number of aromatic nitrogens is 1. The van der Waals surface area contributed by atoms with Gasteiger partial charge < -0.3 is 15.5 Å². The molecule has 1 aliphatic heterocycles. The molecular weight excluding hydrogens is 456 g/mol. The number of hydrogen-bond donors (Lipinski definition) is 2. The molecule has 10 heteroatoms. The zero-order valence-electron chi connectivity index (χ0n) is 18.7. The molecule has 1 atom stereocenters. The summed E-state index contributed by atoms with van der Waals surface area (Å²) in [5.74, 6) is -4.70. The summed E-state index contributed by atoms with van der Waals surface area (Å²) in [5.41, 5.74) is 2.78. The van der Waals surface area contributed by atoms with Gasteiger partial charge in [0.2, 0.25) is 5.91 Å². The first-order valence-corrected chi connectivity index (χ1v) is 10.8. The average molecular weight is 477 g/mol. The molecule has 0 bridgehead atoms. The SMILES string of the molecule is CNC(=O)c1cccc(-c2ccc3nccc(C(=O)NCC(=O)N4CC(F)(F)CC4C#N)c3c2)c1. The molecule has 2 N–H and O–H groups in total. The van der Waals surface area contributed by atoms with E-state index in [2.05, 4.69) is 15.6 Å². The van der Waals surface area contributed by atoms with Crippen LogP contribution in [0.3, 0.4) is 0 Å². The number of nitrogens with zero attached hydrogens (tertiary/aromatic N) is 3. The second-order valence-corrected chi connectivity index (χ2v) is 8.16. The summed E-state index contributed by atoms with van der Waals surface area (Å²) in [6, 6.07) is 14.3. The van der Waals surface area contributed by atoms with Crippen LogP contribution in [0, 0.1) is 11.3 Å². The van der Waals surface area contributed by atoms with Crippen molar-refractivity contribution < 1.29 is 23.2 Å². The lowest BCUT2D eigenvalue weighted by Crippen LogP contribution is -2.43. The number of pyridine rings is 1. The standard InChI is InChI=1S/C25H21F2N5O3/c1-29-23(34)17-4-2-3-15(9-17)16-5-6-21-20(10-16)19(7-8-30-21)24(35)31-13-22(33)32-14-25(26,27)11-18(32)12-28/h2-10,18H,11,13-14H2,1H3,(H,29,34)(H,31,35). The molecule has 1 unspecified atom stereocenters. The summed E-state index contributed by atoms with van der Waals surface area (Å²) in [6.07, 6.45) is 0.736. The molecule has 0 radical (unpaired) electrons. The van der Waals surface area contributed by atoms with Gasteiger partial charge in [-0.1, -0.05) is 18.2 Å². The van der Waals surface area contributed by atoms with E-state index in [0.29, 0.717) is 16.5 Å². The maximum absolute atomic E-state index is 13.6. The Kier molecular flexibility index (Phi) is 6.42. The zero-order chi connectivity index (χ0) is 25.2. The maximum Gasteiger partial charge on any atom is 0.268 e. The lowest BCUT2D eigenvalue weighted by atomic mass is 9.99. The van der Waals surface area contributed by atoms with Crippen LogP contribution < -0.4 is 10.6 Å². The van der Waals surface area contributed by atoms with Crippen molar-refractivity contribution in [1.82, 2.24) is 20.5 Å². The molecule has 1 fully saturated rings. The molecule has 178 valence electrons. The van der Waals surface area contributed by atoms with Crippen LogP contribution in [0.5, 0.6) is 0 Å². The largest absolute Gasteiger partial charge is 0.355 e. The smallest absolute Gasteiger partial charge is 0.268 e. The van der Waals surface area contributed by atoms with Crippen molar-refractivity contribution in [3.05, 3.63) is 65.9 Å². The Labute approximate surface area is 199 Å². The predicted octanol–water partition coefficient (Wildman–Crippen LogP) is 2.75. The van der Waals surface area contributed by atoms with Crippen LogP contribution in [0.1, 0.15) is 27.1 Å². The number of rotatable bonds is 5. The molecule has 4 rings (SSSR count). The normalized spacial score (nSPS) is 16.5.